The molecule has 1 atom stereocenters. The number of rotatable bonds is 5. The van der Waals surface area contributed by atoms with Gasteiger partial charge in [-0.15, -0.1) is 0 Å². The summed E-state index contributed by atoms with van der Waals surface area (Å²) in [6, 6.07) is 2.16. The van der Waals surface area contributed by atoms with Crippen LogP contribution in [0.15, 0.2) is 18.2 Å². The molecule has 0 fully saturated rings. The van der Waals surface area contributed by atoms with E-state index in [1.165, 1.54) is 7.05 Å². The van der Waals surface area contributed by atoms with Crippen molar-refractivity contribution in [3.05, 3.63) is 41.0 Å². The number of hydrogen-bond donors (Lipinski definition) is 1. The van der Waals surface area contributed by atoms with E-state index in [2.05, 4.69) is 10.3 Å². The molecule has 0 spiro atoms. The third-order valence-corrected chi connectivity index (χ3v) is 5.99. The summed E-state index contributed by atoms with van der Waals surface area (Å²) < 4.78 is 56.0. The Hall–Kier alpha value is -2.75. The zero-order valence-electron chi connectivity index (χ0n) is 19.3. The lowest BCUT2D eigenvalue weighted by atomic mass is 9.77. The molecule has 2 heterocycles. The van der Waals surface area contributed by atoms with Gasteiger partial charge < -0.3 is 9.88 Å². The van der Waals surface area contributed by atoms with Crippen molar-refractivity contribution in [1.82, 2.24) is 19.8 Å². The van der Waals surface area contributed by atoms with Crippen molar-refractivity contribution in [1.29, 1.82) is 0 Å². The van der Waals surface area contributed by atoms with E-state index in [-0.39, 0.29) is 29.4 Å². The summed E-state index contributed by atoms with van der Waals surface area (Å²) in [5.41, 5.74) is -1.25. The highest BCUT2D eigenvalue weighted by Gasteiger charge is 2.36. The van der Waals surface area contributed by atoms with E-state index >= 15 is 0 Å². The molecule has 1 N–H and O–H groups in total. The highest BCUT2D eigenvalue weighted by molar-refractivity contribution is 5.99. The molecule has 1 aromatic carbocycles. The van der Waals surface area contributed by atoms with Crippen LogP contribution in [0.3, 0.4) is 0 Å². The molecule has 2 aromatic rings. The lowest BCUT2D eigenvalue weighted by molar-refractivity contribution is -0.137. The molecule has 0 saturated carbocycles. The van der Waals surface area contributed by atoms with Gasteiger partial charge in [0.15, 0.2) is 5.78 Å². The summed E-state index contributed by atoms with van der Waals surface area (Å²) in [4.78, 5) is 32.0. The third kappa shape index (κ3) is 5.10. The minimum atomic E-state index is -4.65. The van der Waals surface area contributed by atoms with Crippen molar-refractivity contribution in [3.63, 3.8) is 0 Å². The standard InChI is InChI=1S/C23H28F4N4O2/c1-22(2,3)15(21(33)28-4)11-18(32)19-17-12-30(5)8-9-31(17)20(29-19)14-10-13(23(25,26)27)6-7-16(14)24/h6-7,10,15H,8-9,11-12H2,1-5H3,(H,28,33)/t15-/m1/s1. The molecule has 0 radical (unpaired) electrons. The molecule has 180 valence electrons. The molecule has 0 saturated heterocycles. The number of benzene rings is 1. The second-order valence-electron chi connectivity index (χ2n) is 9.47. The number of nitrogens with zero attached hydrogens (tertiary/aromatic N) is 3. The average Bonchev–Trinajstić information content (AvgIpc) is 3.08. The van der Waals surface area contributed by atoms with Gasteiger partial charge >= 0.3 is 6.18 Å². The van der Waals surface area contributed by atoms with Crippen LogP contribution < -0.4 is 5.32 Å². The third-order valence-electron chi connectivity index (χ3n) is 5.99. The number of nitrogens with one attached hydrogen (secondary N) is 1. The van der Waals surface area contributed by atoms with Crippen molar-refractivity contribution in [2.45, 2.75) is 46.5 Å². The molecule has 10 heteroatoms. The summed E-state index contributed by atoms with van der Waals surface area (Å²) in [5, 5.41) is 2.58. The van der Waals surface area contributed by atoms with Crippen LogP contribution in [-0.2, 0) is 24.1 Å². The van der Waals surface area contributed by atoms with E-state index < -0.39 is 34.7 Å². The van der Waals surface area contributed by atoms with Crippen LogP contribution in [0, 0.1) is 17.2 Å². The molecule has 0 bridgehead atoms. The predicted molar refractivity (Wildman–Crippen MR) is 115 cm³/mol. The number of imidazole rings is 1. The smallest absolute Gasteiger partial charge is 0.359 e. The van der Waals surface area contributed by atoms with Crippen LogP contribution in [0.25, 0.3) is 11.4 Å². The Bertz CT molecular complexity index is 1070. The second kappa shape index (κ2) is 8.89. The minimum absolute atomic E-state index is 0.0164. The van der Waals surface area contributed by atoms with E-state index in [1.54, 1.807) is 4.57 Å². The first-order valence-electron chi connectivity index (χ1n) is 10.6. The van der Waals surface area contributed by atoms with Gasteiger partial charge in [-0.25, -0.2) is 9.37 Å². The van der Waals surface area contributed by atoms with Crippen LogP contribution in [-0.4, -0.2) is 46.8 Å². The fourth-order valence-corrected chi connectivity index (χ4v) is 4.04. The Morgan fingerprint density at radius 3 is 2.42 bits per heavy atom. The van der Waals surface area contributed by atoms with Gasteiger partial charge in [0, 0.05) is 33.1 Å². The van der Waals surface area contributed by atoms with Gasteiger partial charge in [0.25, 0.3) is 0 Å². The van der Waals surface area contributed by atoms with Crippen LogP contribution in [0.2, 0.25) is 0 Å². The Kier molecular flexibility index (Phi) is 6.70. The first kappa shape index (κ1) is 24.9. The molecule has 1 aromatic heterocycles. The number of aromatic nitrogens is 2. The van der Waals surface area contributed by atoms with E-state index in [0.29, 0.717) is 31.4 Å². The van der Waals surface area contributed by atoms with Crippen molar-refractivity contribution >= 4 is 11.7 Å². The van der Waals surface area contributed by atoms with E-state index in [0.717, 1.165) is 12.1 Å². The topological polar surface area (TPSA) is 67.2 Å². The number of hydrogen-bond acceptors (Lipinski definition) is 4. The van der Waals surface area contributed by atoms with Crippen molar-refractivity contribution in [3.8, 4) is 11.4 Å². The van der Waals surface area contributed by atoms with E-state index in [1.807, 2.05) is 32.7 Å². The van der Waals surface area contributed by atoms with Crippen LogP contribution in [0.4, 0.5) is 17.6 Å². The van der Waals surface area contributed by atoms with Crippen LogP contribution >= 0.6 is 0 Å². The predicted octanol–water partition coefficient (Wildman–Crippen LogP) is 4.13. The Balaban J connectivity index is 2.11. The normalized spacial score (nSPS) is 15.8. The lowest BCUT2D eigenvalue weighted by Crippen LogP contribution is -2.38. The fourth-order valence-electron chi connectivity index (χ4n) is 4.04. The zero-order valence-corrected chi connectivity index (χ0v) is 19.3. The minimum Gasteiger partial charge on any atom is -0.359 e. The highest BCUT2D eigenvalue weighted by atomic mass is 19.4. The largest absolute Gasteiger partial charge is 0.416 e. The summed E-state index contributed by atoms with van der Waals surface area (Å²) >= 11 is 0. The quantitative estimate of drug-likeness (QED) is 0.529. The van der Waals surface area contributed by atoms with E-state index in [4.69, 9.17) is 0 Å². The molecular formula is C23H28F4N4O2. The van der Waals surface area contributed by atoms with Crippen molar-refractivity contribution in [2.24, 2.45) is 11.3 Å². The first-order chi connectivity index (χ1) is 15.2. The van der Waals surface area contributed by atoms with Gasteiger partial charge in [0.2, 0.25) is 5.91 Å². The maximum Gasteiger partial charge on any atom is 0.416 e. The second-order valence-corrected chi connectivity index (χ2v) is 9.47. The number of halogens is 4. The van der Waals surface area contributed by atoms with Crippen LogP contribution in [0.1, 0.15) is 48.9 Å². The van der Waals surface area contributed by atoms with E-state index in [9.17, 15) is 27.2 Å². The molecular weight excluding hydrogens is 440 g/mol. The summed E-state index contributed by atoms with van der Waals surface area (Å²) in [5.74, 6) is -2.20. The molecule has 3 rings (SSSR count). The number of alkyl halides is 3. The van der Waals surface area contributed by atoms with Gasteiger partial charge in [-0.1, -0.05) is 20.8 Å². The Morgan fingerprint density at radius 2 is 1.85 bits per heavy atom. The van der Waals surface area contributed by atoms with Gasteiger partial charge in [-0.2, -0.15) is 13.2 Å². The molecule has 1 aliphatic rings. The summed E-state index contributed by atoms with van der Waals surface area (Å²) in [7, 11) is 3.34. The molecule has 33 heavy (non-hydrogen) atoms. The van der Waals surface area contributed by atoms with Crippen molar-refractivity contribution in [2.75, 3.05) is 20.6 Å². The van der Waals surface area contributed by atoms with Gasteiger partial charge in [-0.05, 0) is 30.7 Å². The number of amides is 1. The summed E-state index contributed by atoms with van der Waals surface area (Å²) in [6.45, 7) is 6.78. The molecule has 0 unspecified atom stereocenters. The van der Waals surface area contributed by atoms with Gasteiger partial charge in [-0.3, -0.25) is 14.5 Å². The highest BCUT2D eigenvalue weighted by Crippen LogP contribution is 2.36. The van der Waals surface area contributed by atoms with Crippen molar-refractivity contribution < 1.29 is 27.2 Å². The number of Topliss-reactive ketones (excluding diaryl/α,β-unsaturated/α-hetero) is 1. The number of carbonyl (C=O) groups excluding carboxylic acids is 2. The average molecular weight is 468 g/mol. The van der Waals surface area contributed by atoms with Gasteiger partial charge in [0.1, 0.15) is 17.3 Å². The van der Waals surface area contributed by atoms with Gasteiger partial charge in [0.05, 0.1) is 22.7 Å². The van der Waals surface area contributed by atoms with Crippen LogP contribution in [0.5, 0.6) is 0 Å². The SMILES string of the molecule is CNC(=O)[C@@H](CC(=O)c1nc(-c2cc(C(F)(F)F)ccc2F)n2c1CN(C)CC2)C(C)(C)C. The maximum absolute atomic E-state index is 14.6. The lowest BCUT2D eigenvalue weighted by Gasteiger charge is -2.29. The monoisotopic (exact) mass is 468 g/mol. The summed E-state index contributed by atoms with van der Waals surface area (Å²) in [6.07, 6.45) is -4.77. The zero-order chi connectivity index (χ0) is 24.7. The molecule has 6 nitrogen and oxygen atoms in total. The maximum atomic E-state index is 14.6. The molecule has 0 aliphatic carbocycles. The number of ketones is 1. The Morgan fingerprint density at radius 1 is 1.18 bits per heavy atom. The molecule has 1 aliphatic heterocycles. The number of likely N-dealkylation sites (N-methyl/N-ethyl adjacent to an activating group) is 1. The fraction of sp³-hybridized carbons (Fsp3) is 0.522. The Labute approximate surface area is 190 Å². The first-order valence-corrected chi connectivity index (χ1v) is 10.6. The molecule has 1 amide bonds. The number of fused-ring (bicyclic) bond motifs is 1. The number of carbonyl (C=O) groups is 2.